The lowest BCUT2D eigenvalue weighted by molar-refractivity contribution is 0.251. The van der Waals surface area contributed by atoms with Gasteiger partial charge in [0.05, 0.1) is 0 Å². The second-order valence-corrected chi connectivity index (χ2v) is 9.55. The van der Waals surface area contributed by atoms with E-state index < -0.39 is 0 Å². The Labute approximate surface area is 218 Å². The maximum Gasteiger partial charge on any atom is 0.319 e. The van der Waals surface area contributed by atoms with Crippen molar-refractivity contribution in [3.63, 3.8) is 0 Å². The summed E-state index contributed by atoms with van der Waals surface area (Å²) >= 11 is 12.1. The summed E-state index contributed by atoms with van der Waals surface area (Å²) in [5.41, 5.74) is 5.38. The summed E-state index contributed by atoms with van der Waals surface area (Å²) in [4.78, 5) is 12.6. The first-order chi connectivity index (χ1) is 16.9. The Hall–Kier alpha value is -2.57. The molecule has 35 heavy (non-hydrogen) atoms. The normalized spacial score (nSPS) is 11.8. The van der Waals surface area contributed by atoms with Gasteiger partial charge in [0.2, 0.25) is 0 Å². The molecule has 1 atom stereocenters. The minimum absolute atomic E-state index is 0.174. The van der Waals surface area contributed by atoms with E-state index in [0.717, 1.165) is 32.5 Å². The van der Waals surface area contributed by atoms with Crippen molar-refractivity contribution in [1.29, 1.82) is 0 Å². The topological polar surface area (TPSA) is 65.2 Å². The smallest absolute Gasteiger partial charge is 0.319 e. The van der Waals surface area contributed by atoms with Crippen LogP contribution in [0, 0.1) is 6.92 Å². The summed E-state index contributed by atoms with van der Waals surface area (Å²) in [6, 6.07) is 21.9. The van der Waals surface area contributed by atoms with Crippen LogP contribution in [0.25, 0.3) is 11.1 Å². The third kappa shape index (κ3) is 9.19. The van der Waals surface area contributed by atoms with Gasteiger partial charge in [0, 0.05) is 28.2 Å². The summed E-state index contributed by atoms with van der Waals surface area (Å²) in [7, 11) is 1.96. The lowest BCUT2D eigenvalue weighted by Gasteiger charge is -2.19. The Balaban J connectivity index is 1.63. The van der Waals surface area contributed by atoms with Gasteiger partial charge < -0.3 is 21.3 Å². The molecule has 4 N–H and O–H groups in total. The summed E-state index contributed by atoms with van der Waals surface area (Å²) in [6.45, 7) is 5.44. The molecule has 0 radical (unpaired) electrons. The predicted molar refractivity (Wildman–Crippen MR) is 149 cm³/mol. The van der Waals surface area contributed by atoms with Crippen LogP contribution in [0.1, 0.15) is 29.9 Å². The Kier molecular flexibility index (Phi) is 10.9. The number of urea groups is 1. The number of nitrogens with one attached hydrogen (secondary N) is 4. The third-order valence-electron chi connectivity index (χ3n) is 5.85. The first kappa shape index (κ1) is 27.0. The highest BCUT2D eigenvalue weighted by Crippen LogP contribution is 2.25. The van der Waals surface area contributed by atoms with E-state index >= 15 is 0 Å². The predicted octanol–water partition coefficient (Wildman–Crippen LogP) is 6.46. The lowest BCUT2D eigenvalue weighted by atomic mass is 9.93. The van der Waals surface area contributed by atoms with Gasteiger partial charge in [0.25, 0.3) is 0 Å². The zero-order valence-corrected chi connectivity index (χ0v) is 21.8. The highest BCUT2D eigenvalue weighted by molar-refractivity contribution is 6.35. The Bertz CT molecular complexity index is 1050. The molecule has 3 aromatic carbocycles. The summed E-state index contributed by atoms with van der Waals surface area (Å²) in [5, 5.41) is 13.4. The van der Waals surface area contributed by atoms with Crippen molar-refractivity contribution in [1.82, 2.24) is 16.0 Å². The first-order valence-corrected chi connectivity index (χ1v) is 12.7. The van der Waals surface area contributed by atoms with Crippen LogP contribution in [0.15, 0.2) is 66.7 Å². The number of carbonyl (C=O) groups is 1. The van der Waals surface area contributed by atoms with Gasteiger partial charge in [-0.05, 0) is 81.3 Å². The van der Waals surface area contributed by atoms with Gasteiger partial charge in [0.1, 0.15) is 0 Å². The number of halogens is 2. The Morgan fingerprint density at radius 2 is 1.49 bits per heavy atom. The molecule has 7 heteroatoms. The van der Waals surface area contributed by atoms with E-state index in [1.165, 1.54) is 22.3 Å². The number of amides is 2. The number of hydrogen-bond donors (Lipinski definition) is 4. The van der Waals surface area contributed by atoms with E-state index in [1.54, 1.807) is 18.2 Å². The zero-order valence-electron chi connectivity index (χ0n) is 20.3. The van der Waals surface area contributed by atoms with Crippen molar-refractivity contribution in [3.05, 3.63) is 87.9 Å². The van der Waals surface area contributed by atoms with Crippen LogP contribution < -0.4 is 21.3 Å². The Morgan fingerprint density at radius 1 is 0.857 bits per heavy atom. The zero-order chi connectivity index (χ0) is 25.0. The molecule has 0 heterocycles. The molecule has 0 aliphatic rings. The number of anilines is 1. The van der Waals surface area contributed by atoms with Gasteiger partial charge in [-0.1, -0.05) is 77.3 Å². The quantitative estimate of drug-likeness (QED) is 0.210. The molecule has 3 aromatic rings. The molecular formula is C28H34Cl2N4O. The number of carbonyl (C=O) groups excluding carboxylic acids is 1. The lowest BCUT2D eigenvalue weighted by Crippen LogP contribution is -2.33. The van der Waals surface area contributed by atoms with Gasteiger partial charge in [-0.15, -0.1) is 0 Å². The van der Waals surface area contributed by atoms with Crippen LogP contribution >= 0.6 is 23.2 Å². The van der Waals surface area contributed by atoms with Crippen LogP contribution in [-0.2, 0) is 0 Å². The van der Waals surface area contributed by atoms with Crippen molar-refractivity contribution in [2.75, 3.05) is 38.5 Å². The summed E-state index contributed by atoms with van der Waals surface area (Å²) in [5.74, 6) is 0.174. The molecule has 0 aliphatic heterocycles. The van der Waals surface area contributed by atoms with Crippen molar-refractivity contribution >= 4 is 34.9 Å². The molecule has 0 saturated carbocycles. The van der Waals surface area contributed by atoms with E-state index in [-0.39, 0.29) is 11.9 Å². The fourth-order valence-electron chi connectivity index (χ4n) is 3.89. The second kappa shape index (κ2) is 14.1. The molecule has 3 rings (SSSR count). The number of rotatable bonds is 12. The van der Waals surface area contributed by atoms with Gasteiger partial charge in [-0.3, -0.25) is 0 Å². The van der Waals surface area contributed by atoms with Crippen molar-refractivity contribution < 1.29 is 4.79 Å². The third-order valence-corrected chi connectivity index (χ3v) is 6.28. The van der Waals surface area contributed by atoms with Crippen LogP contribution in [0.2, 0.25) is 10.0 Å². The number of aryl methyl sites for hydroxylation is 1. The van der Waals surface area contributed by atoms with E-state index in [2.05, 4.69) is 76.7 Å². The van der Waals surface area contributed by atoms with Crippen molar-refractivity contribution in [3.8, 4) is 11.1 Å². The standard InChI is InChI=1S/C28H34Cl2N4O/c1-20-4-6-21(7-5-20)22-8-10-23(11-9-22)24(12-15-32-14-3-13-31-2)19-33-28(35)34-27-17-25(29)16-26(30)18-27/h4-11,16-18,24,31-32H,3,12-15,19H2,1-2H3,(H2,33,34,35). The number of benzene rings is 3. The van der Waals surface area contributed by atoms with Gasteiger partial charge in [-0.2, -0.15) is 0 Å². The van der Waals surface area contributed by atoms with Crippen LogP contribution in [0.3, 0.4) is 0 Å². The van der Waals surface area contributed by atoms with Crippen molar-refractivity contribution in [2.24, 2.45) is 0 Å². The fraction of sp³-hybridized carbons (Fsp3) is 0.321. The molecule has 0 bridgehead atoms. The average Bonchev–Trinajstić information content (AvgIpc) is 2.83. The van der Waals surface area contributed by atoms with Crippen molar-refractivity contribution in [2.45, 2.75) is 25.7 Å². The van der Waals surface area contributed by atoms with E-state index in [9.17, 15) is 4.79 Å². The van der Waals surface area contributed by atoms with Crippen LogP contribution in [0.4, 0.5) is 10.5 Å². The monoisotopic (exact) mass is 512 g/mol. The minimum atomic E-state index is -0.286. The molecule has 0 spiro atoms. The number of hydrogen-bond acceptors (Lipinski definition) is 3. The molecule has 2 amide bonds. The van der Waals surface area contributed by atoms with E-state index in [0.29, 0.717) is 22.3 Å². The summed E-state index contributed by atoms with van der Waals surface area (Å²) in [6.07, 6.45) is 1.99. The average molecular weight is 514 g/mol. The van der Waals surface area contributed by atoms with E-state index in [4.69, 9.17) is 23.2 Å². The molecule has 5 nitrogen and oxygen atoms in total. The highest BCUT2D eigenvalue weighted by atomic mass is 35.5. The SMILES string of the molecule is CNCCCNCCC(CNC(=O)Nc1cc(Cl)cc(Cl)c1)c1ccc(-c2ccc(C)cc2)cc1. The molecule has 186 valence electrons. The molecular weight excluding hydrogens is 479 g/mol. The Morgan fingerprint density at radius 3 is 2.11 bits per heavy atom. The maximum atomic E-state index is 12.6. The van der Waals surface area contributed by atoms with Crippen LogP contribution in [-0.4, -0.2) is 39.3 Å². The van der Waals surface area contributed by atoms with Crippen LogP contribution in [0.5, 0.6) is 0 Å². The van der Waals surface area contributed by atoms with Gasteiger partial charge >= 0.3 is 6.03 Å². The van der Waals surface area contributed by atoms with Gasteiger partial charge in [0.15, 0.2) is 0 Å². The minimum Gasteiger partial charge on any atom is -0.337 e. The molecule has 0 fully saturated rings. The highest BCUT2D eigenvalue weighted by Gasteiger charge is 2.14. The fourth-order valence-corrected chi connectivity index (χ4v) is 4.42. The largest absolute Gasteiger partial charge is 0.337 e. The second-order valence-electron chi connectivity index (χ2n) is 8.67. The molecule has 0 aromatic heterocycles. The maximum absolute atomic E-state index is 12.6. The summed E-state index contributed by atoms with van der Waals surface area (Å²) < 4.78 is 0. The van der Waals surface area contributed by atoms with Gasteiger partial charge in [-0.25, -0.2) is 4.79 Å². The van der Waals surface area contributed by atoms with E-state index in [1.807, 2.05) is 7.05 Å². The molecule has 0 aliphatic carbocycles. The molecule has 1 unspecified atom stereocenters. The molecule has 0 saturated heterocycles. The first-order valence-electron chi connectivity index (χ1n) is 12.0.